The van der Waals surface area contributed by atoms with E-state index in [1.165, 1.54) is 14.2 Å². The van der Waals surface area contributed by atoms with Crippen molar-refractivity contribution in [3.05, 3.63) is 65.4 Å². The van der Waals surface area contributed by atoms with Gasteiger partial charge >= 0.3 is 12.1 Å². The second kappa shape index (κ2) is 10.8. The minimum atomic E-state index is -0.824. The van der Waals surface area contributed by atoms with E-state index in [0.717, 1.165) is 11.1 Å². The van der Waals surface area contributed by atoms with E-state index in [4.69, 9.17) is 28.4 Å². The molecule has 0 unspecified atom stereocenters. The van der Waals surface area contributed by atoms with Gasteiger partial charge in [0, 0.05) is 5.92 Å². The Morgan fingerprint density at radius 3 is 2.22 bits per heavy atom. The van der Waals surface area contributed by atoms with Crippen LogP contribution in [0.25, 0.3) is 0 Å². The van der Waals surface area contributed by atoms with Crippen molar-refractivity contribution in [1.82, 2.24) is 4.90 Å². The predicted octanol–water partition coefficient (Wildman–Crippen LogP) is 4.22. The zero-order valence-corrected chi connectivity index (χ0v) is 21.1. The third-order valence-corrected chi connectivity index (χ3v) is 6.66. The van der Waals surface area contributed by atoms with E-state index >= 15 is 0 Å². The van der Waals surface area contributed by atoms with Crippen molar-refractivity contribution >= 4 is 12.1 Å². The second-order valence-corrected chi connectivity index (χ2v) is 8.50. The highest BCUT2D eigenvalue weighted by Gasteiger charge is 2.48. The monoisotopic (exact) mass is 497 g/mol. The number of amides is 1. The lowest BCUT2D eigenvalue weighted by molar-refractivity contribution is -0.145. The van der Waals surface area contributed by atoms with Gasteiger partial charge in [-0.1, -0.05) is 37.3 Å². The fraction of sp³-hybridized carbons (Fsp3) is 0.407. The molecule has 9 heteroatoms. The van der Waals surface area contributed by atoms with E-state index in [2.05, 4.69) is 0 Å². The molecular weight excluding hydrogens is 466 g/mol. The van der Waals surface area contributed by atoms with Crippen molar-refractivity contribution in [3.8, 4) is 17.2 Å². The summed E-state index contributed by atoms with van der Waals surface area (Å²) in [5, 5.41) is 0. The number of benzene rings is 2. The third kappa shape index (κ3) is 4.53. The van der Waals surface area contributed by atoms with E-state index in [9.17, 15) is 9.59 Å². The Hall–Kier alpha value is -3.88. The Kier molecular flexibility index (Phi) is 7.57. The number of methoxy groups -OCH3 is 4. The van der Waals surface area contributed by atoms with Gasteiger partial charge in [-0.3, -0.25) is 4.90 Å². The number of cyclic esters (lactones) is 1. The van der Waals surface area contributed by atoms with Crippen LogP contribution >= 0.6 is 0 Å². The molecule has 0 aromatic heterocycles. The number of carbonyl (C=O) groups is 2. The first-order chi connectivity index (χ1) is 17.5. The van der Waals surface area contributed by atoms with Crippen molar-refractivity contribution in [3.63, 3.8) is 0 Å². The molecule has 4 atom stereocenters. The summed E-state index contributed by atoms with van der Waals surface area (Å²) in [6.07, 6.45) is 1.08. The fourth-order valence-electron chi connectivity index (χ4n) is 4.88. The number of allylic oxidation sites excluding steroid dienone is 1. The average molecular weight is 498 g/mol. The van der Waals surface area contributed by atoms with Gasteiger partial charge in [-0.25, -0.2) is 9.59 Å². The molecule has 0 N–H and O–H groups in total. The molecule has 2 aliphatic heterocycles. The van der Waals surface area contributed by atoms with Gasteiger partial charge in [-0.2, -0.15) is 0 Å². The topological polar surface area (TPSA) is 92.8 Å². The molecule has 2 aromatic rings. The van der Waals surface area contributed by atoms with Crippen LogP contribution in [0.3, 0.4) is 0 Å². The van der Waals surface area contributed by atoms with E-state index in [0.29, 0.717) is 23.7 Å². The molecule has 0 saturated carbocycles. The molecule has 0 aliphatic carbocycles. The lowest BCUT2D eigenvalue weighted by Crippen LogP contribution is -2.49. The predicted molar refractivity (Wildman–Crippen MR) is 130 cm³/mol. The van der Waals surface area contributed by atoms with Crippen LogP contribution in [0.4, 0.5) is 4.79 Å². The van der Waals surface area contributed by atoms with Crippen LogP contribution in [0.1, 0.15) is 36.3 Å². The van der Waals surface area contributed by atoms with E-state index < -0.39 is 24.2 Å². The lowest BCUT2D eigenvalue weighted by atomic mass is 9.77. The lowest BCUT2D eigenvalue weighted by Gasteiger charge is -2.42. The molecule has 4 rings (SSSR count). The Labute approximate surface area is 210 Å². The largest absolute Gasteiger partial charge is 0.493 e. The summed E-state index contributed by atoms with van der Waals surface area (Å²) in [6.45, 7) is 2.23. The van der Waals surface area contributed by atoms with Gasteiger partial charge in [0.25, 0.3) is 0 Å². The third-order valence-electron chi connectivity index (χ3n) is 6.66. The maximum Gasteiger partial charge on any atom is 0.413 e. The Morgan fingerprint density at radius 1 is 1.00 bits per heavy atom. The highest BCUT2D eigenvalue weighted by molar-refractivity contribution is 5.87. The highest BCUT2D eigenvalue weighted by Crippen LogP contribution is 2.49. The molecule has 2 aliphatic rings. The molecule has 1 saturated heterocycles. The van der Waals surface area contributed by atoms with Gasteiger partial charge < -0.3 is 28.4 Å². The van der Waals surface area contributed by atoms with Crippen LogP contribution < -0.4 is 14.2 Å². The smallest absolute Gasteiger partial charge is 0.413 e. The van der Waals surface area contributed by atoms with Crippen LogP contribution in [0, 0.1) is 0 Å². The molecule has 1 fully saturated rings. The molecule has 9 nitrogen and oxygen atoms in total. The Morgan fingerprint density at radius 2 is 1.67 bits per heavy atom. The first-order valence-electron chi connectivity index (χ1n) is 11.7. The number of carbonyl (C=O) groups excluding carboxylic acids is 2. The SMILES string of the molecule is CC[C@@H]1COC(=O)N1[C@H]1OC(C(=O)OC)=C[C@@H](c2cc(OC)c(OC)c(OC)c2)[C@@H]1c1ccccc1. The average Bonchev–Trinajstić information content (AvgIpc) is 3.31. The standard InChI is InChI=1S/C27H31NO8/c1-6-18-15-35-27(30)28(18)25-23(16-10-8-7-9-11-16)19(14-22(36-25)26(29)34-5)17-12-20(31-2)24(33-4)21(13-17)32-3/h7-14,18-19,23,25H,6,15H2,1-5H3/t18-,19+,23+,25+/m1/s1. The van der Waals surface area contributed by atoms with E-state index in [-0.39, 0.29) is 24.3 Å². The number of hydrogen-bond donors (Lipinski definition) is 0. The Bertz CT molecular complexity index is 1110. The molecule has 0 spiro atoms. The summed E-state index contributed by atoms with van der Waals surface area (Å²) in [5.41, 5.74) is 1.71. The zero-order valence-electron chi connectivity index (χ0n) is 21.1. The van der Waals surface area contributed by atoms with Crippen LogP contribution in [-0.4, -0.2) is 64.3 Å². The first-order valence-corrected chi connectivity index (χ1v) is 11.7. The van der Waals surface area contributed by atoms with Crippen molar-refractivity contribution in [2.45, 2.75) is 37.5 Å². The van der Waals surface area contributed by atoms with Gasteiger partial charge in [-0.15, -0.1) is 0 Å². The van der Waals surface area contributed by atoms with Gasteiger partial charge in [0.15, 0.2) is 17.7 Å². The molecule has 1 amide bonds. The normalized spacial score (nSPS) is 23.3. The van der Waals surface area contributed by atoms with Crippen LogP contribution in [0.2, 0.25) is 0 Å². The molecule has 0 bridgehead atoms. The summed E-state index contributed by atoms with van der Waals surface area (Å²) in [5.74, 6) is -0.0204. The van der Waals surface area contributed by atoms with Gasteiger partial charge in [0.05, 0.1) is 40.4 Å². The summed E-state index contributed by atoms with van der Waals surface area (Å²) in [6, 6.07) is 13.2. The van der Waals surface area contributed by atoms with Crippen molar-refractivity contribution in [2.75, 3.05) is 35.0 Å². The maximum atomic E-state index is 12.9. The molecule has 192 valence electrons. The van der Waals surface area contributed by atoms with Crippen LogP contribution in [-0.2, 0) is 19.0 Å². The zero-order chi connectivity index (χ0) is 25.8. The Balaban J connectivity index is 1.94. The minimum Gasteiger partial charge on any atom is -0.493 e. The number of esters is 1. The molecule has 0 radical (unpaired) electrons. The number of rotatable bonds is 8. The van der Waals surface area contributed by atoms with Crippen LogP contribution in [0.5, 0.6) is 17.2 Å². The van der Waals surface area contributed by atoms with Crippen molar-refractivity contribution in [1.29, 1.82) is 0 Å². The first kappa shape index (κ1) is 25.2. The highest BCUT2D eigenvalue weighted by atomic mass is 16.6. The fourth-order valence-corrected chi connectivity index (χ4v) is 4.88. The number of ether oxygens (including phenoxy) is 6. The second-order valence-electron chi connectivity index (χ2n) is 8.50. The summed E-state index contributed by atoms with van der Waals surface area (Å²) >= 11 is 0. The van der Waals surface area contributed by atoms with Crippen molar-refractivity contribution in [2.24, 2.45) is 0 Å². The maximum absolute atomic E-state index is 12.9. The molecular formula is C27H31NO8. The van der Waals surface area contributed by atoms with E-state index in [1.54, 1.807) is 25.2 Å². The molecule has 2 aromatic carbocycles. The minimum absolute atomic E-state index is 0.0167. The molecule has 36 heavy (non-hydrogen) atoms. The quantitative estimate of drug-likeness (QED) is 0.501. The van der Waals surface area contributed by atoms with Gasteiger partial charge in [-0.05, 0) is 35.8 Å². The number of hydrogen-bond acceptors (Lipinski definition) is 8. The van der Waals surface area contributed by atoms with Gasteiger partial charge in [0.2, 0.25) is 11.5 Å². The van der Waals surface area contributed by atoms with Crippen molar-refractivity contribution < 1.29 is 38.0 Å². The van der Waals surface area contributed by atoms with Gasteiger partial charge in [0.1, 0.15) is 6.61 Å². The summed E-state index contributed by atoms with van der Waals surface area (Å²) in [7, 11) is 5.92. The van der Waals surface area contributed by atoms with Crippen LogP contribution in [0.15, 0.2) is 54.3 Å². The number of nitrogens with zero attached hydrogens (tertiary/aromatic N) is 1. The van der Waals surface area contributed by atoms with E-state index in [1.807, 2.05) is 49.4 Å². The summed E-state index contributed by atoms with van der Waals surface area (Å²) < 4.78 is 33.3. The molecule has 2 heterocycles. The summed E-state index contributed by atoms with van der Waals surface area (Å²) in [4.78, 5) is 27.2.